The molecule has 0 spiro atoms. The fourth-order valence-corrected chi connectivity index (χ4v) is 2.85. The molecule has 0 saturated carbocycles. The molecule has 1 heterocycles. The molecule has 1 aliphatic heterocycles. The summed E-state index contributed by atoms with van der Waals surface area (Å²) in [6, 6.07) is 13.1. The number of amides is 1. The first-order valence-corrected chi connectivity index (χ1v) is 6.99. The lowest BCUT2D eigenvalue weighted by Gasteiger charge is -2.18. The molecule has 0 aliphatic carbocycles. The average Bonchev–Trinajstić information content (AvgIpc) is 2.61. The minimum absolute atomic E-state index is 0.0277. The van der Waals surface area contributed by atoms with Crippen molar-refractivity contribution in [2.75, 3.05) is 11.9 Å². The van der Waals surface area contributed by atoms with Gasteiger partial charge < -0.3 is 10.6 Å². The van der Waals surface area contributed by atoms with Crippen molar-refractivity contribution >= 4 is 34.8 Å². The second-order valence-electron chi connectivity index (χ2n) is 4.63. The Morgan fingerprint density at radius 3 is 2.60 bits per heavy atom. The van der Waals surface area contributed by atoms with E-state index in [1.54, 1.807) is 12.1 Å². The molecule has 5 heteroatoms. The molecule has 0 radical (unpaired) electrons. The quantitative estimate of drug-likeness (QED) is 0.839. The van der Waals surface area contributed by atoms with Crippen LogP contribution >= 0.6 is 23.2 Å². The molecular formula is C15H12Cl2N2O. The molecule has 1 amide bonds. The minimum Gasteiger partial charge on any atom is -0.375 e. The highest BCUT2D eigenvalue weighted by molar-refractivity contribution is 6.37. The van der Waals surface area contributed by atoms with Gasteiger partial charge in [0.15, 0.2) is 0 Å². The summed E-state index contributed by atoms with van der Waals surface area (Å²) in [5.41, 5.74) is 2.19. The molecule has 3 rings (SSSR count). The molecule has 3 nitrogen and oxygen atoms in total. The molecule has 2 N–H and O–H groups in total. The highest BCUT2D eigenvalue weighted by atomic mass is 35.5. The van der Waals surface area contributed by atoms with E-state index in [2.05, 4.69) is 10.6 Å². The number of benzene rings is 2. The van der Waals surface area contributed by atoms with E-state index >= 15 is 0 Å². The standard InChI is InChI=1S/C15H12Cl2N2O/c16-10-6-11-14(12(17)7-10)19-13(8-18-15(11)20)9-4-2-1-3-5-9/h1-7,13,19H,8H2,(H,18,20). The van der Waals surface area contributed by atoms with Gasteiger partial charge in [0, 0.05) is 11.6 Å². The van der Waals surface area contributed by atoms with Gasteiger partial charge in [-0.25, -0.2) is 0 Å². The van der Waals surface area contributed by atoms with Crippen molar-refractivity contribution < 1.29 is 4.79 Å². The zero-order valence-corrected chi connectivity index (χ0v) is 12.0. The van der Waals surface area contributed by atoms with Crippen molar-refractivity contribution in [1.29, 1.82) is 0 Å². The first kappa shape index (κ1) is 13.3. The maximum absolute atomic E-state index is 12.1. The molecule has 1 atom stereocenters. The second-order valence-corrected chi connectivity index (χ2v) is 5.47. The first-order chi connectivity index (χ1) is 9.65. The van der Waals surface area contributed by atoms with Gasteiger partial charge in [0.05, 0.1) is 22.3 Å². The number of fused-ring (bicyclic) bond motifs is 1. The molecule has 0 fully saturated rings. The van der Waals surface area contributed by atoms with Crippen LogP contribution in [0.1, 0.15) is 22.0 Å². The summed E-state index contributed by atoms with van der Waals surface area (Å²) in [4.78, 5) is 12.1. The molecule has 20 heavy (non-hydrogen) atoms. The fraction of sp³-hybridized carbons (Fsp3) is 0.133. The lowest BCUT2D eigenvalue weighted by Crippen LogP contribution is -2.27. The van der Waals surface area contributed by atoms with Crippen LogP contribution in [0.3, 0.4) is 0 Å². The lowest BCUT2D eigenvalue weighted by atomic mass is 10.1. The van der Waals surface area contributed by atoms with E-state index in [0.717, 1.165) is 5.56 Å². The monoisotopic (exact) mass is 306 g/mol. The molecule has 0 bridgehead atoms. The Bertz CT molecular complexity index is 658. The van der Waals surface area contributed by atoms with Gasteiger partial charge in [0.25, 0.3) is 5.91 Å². The molecule has 0 saturated heterocycles. The van der Waals surface area contributed by atoms with E-state index in [9.17, 15) is 4.79 Å². The number of hydrogen-bond donors (Lipinski definition) is 2. The third kappa shape index (κ3) is 2.47. The van der Waals surface area contributed by atoms with Crippen molar-refractivity contribution in [2.45, 2.75) is 6.04 Å². The predicted octanol–water partition coefficient (Wildman–Crippen LogP) is 3.89. The zero-order chi connectivity index (χ0) is 14.1. The number of carbonyl (C=O) groups excluding carboxylic acids is 1. The van der Waals surface area contributed by atoms with Gasteiger partial charge in [0.2, 0.25) is 0 Å². The summed E-state index contributed by atoms with van der Waals surface area (Å²) < 4.78 is 0. The molecule has 102 valence electrons. The molecule has 0 aromatic heterocycles. The molecule has 1 aliphatic rings. The van der Waals surface area contributed by atoms with E-state index < -0.39 is 0 Å². The van der Waals surface area contributed by atoms with E-state index in [1.807, 2.05) is 30.3 Å². The second kappa shape index (κ2) is 5.35. The number of rotatable bonds is 1. The Kier molecular flexibility index (Phi) is 3.55. The third-order valence-electron chi connectivity index (χ3n) is 3.29. The third-order valence-corrected chi connectivity index (χ3v) is 3.80. The summed E-state index contributed by atoms with van der Waals surface area (Å²) in [7, 11) is 0. The van der Waals surface area contributed by atoms with Crippen molar-refractivity contribution in [3.63, 3.8) is 0 Å². The van der Waals surface area contributed by atoms with Crippen LogP contribution in [0, 0.1) is 0 Å². The normalized spacial score (nSPS) is 17.7. The summed E-state index contributed by atoms with van der Waals surface area (Å²) >= 11 is 12.2. The number of anilines is 1. The average molecular weight is 307 g/mol. The Balaban J connectivity index is 2.04. The molecule has 2 aromatic rings. The van der Waals surface area contributed by atoms with Gasteiger partial charge in [-0.3, -0.25) is 4.79 Å². The van der Waals surface area contributed by atoms with Crippen LogP contribution in [-0.2, 0) is 0 Å². The van der Waals surface area contributed by atoms with E-state index in [-0.39, 0.29) is 11.9 Å². The van der Waals surface area contributed by atoms with Crippen molar-refractivity contribution in [3.05, 3.63) is 63.6 Å². The Labute approximate surface area is 126 Å². The van der Waals surface area contributed by atoms with Crippen LogP contribution in [-0.4, -0.2) is 12.5 Å². The van der Waals surface area contributed by atoms with Gasteiger partial charge in [-0.15, -0.1) is 0 Å². The highest BCUT2D eigenvalue weighted by Gasteiger charge is 2.24. The maximum atomic E-state index is 12.1. The fourth-order valence-electron chi connectivity index (χ4n) is 2.30. The van der Waals surface area contributed by atoms with E-state index in [1.165, 1.54) is 0 Å². The topological polar surface area (TPSA) is 41.1 Å². The largest absolute Gasteiger partial charge is 0.375 e. The van der Waals surface area contributed by atoms with Crippen molar-refractivity contribution in [1.82, 2.24) is 5.32 Å². The summed E-state index contributed by atoms with van der Waals surface area (Å²) in [5, 5.41) is 7.11. The highest BCUT2D eigenvalue weighted by Crippen LogP contribution is 2.34. The van der Waals surface area contributed by atoms with Gasteiger partial charge in [-0.2, -0.15) is 0 Å². The summed E-state index contributed by atoms with van der Waals surface area (Å²) in [5.74, 6) is -0.171. The van der Waals surface area contributed by atoms with Crippen molar-refractivity contribution in [2.24, 2.45) is 0 Å². The zero-order valence-electron chi connectivity index (χ0n) is 10.5. The van der Waals surface area contributed by atoms with Crippen LogP contribution in [0.5, 0.6) is 0 Å². The number of nitrogens with one attached hydrogen (secondary N) is 2. The van der Waals surface area contributed by atoms with Gasteiger partial charge in [-0.1, -0.05) is 53.5 Å². The first-order valence-electron chi connectivity index (χ1n) is 6.24. The SMILES string of the molecule is O=C1NCC(c2ccccc2)Nc2c(Cl)cc(Cl)cc21. The van der Waals surface area contributed by atoms with E-state index in [4.69, 9.17) is 23.2 Å². The van der Waals surface area contributed by atoms with Crippen LogP contribution in [0.4, 0.5) is 5.69 Å². The summed E-state index contributed by atoms with van der Waals surface area (Å²) in [6.07, 6.45) is 0. The molecular weight excluding hydrogens is 295 g/mol. The minimum atomic E-state index is -0.171. The molecule has 1 unspecified atom stereocenters. The number of halogens is 2. The number of hydrogen-bond acceptors (Lipinski definition) is 2. The Hall–Kier alpha value is -1.71. The van der Waals surface area contributed by atoms with Crippen LogP contribution in [0.2, 0.25) is 10.0 Å². The van der Waals surface area contributed by atoms with Gasteiger partial charge >= 0.3 is 0 Å². The van der Waals surface area contributed by atoms with Crippen LogP contribution in [0.15, 0.2) is 42.5 Å². The van der Waals surface area contributed by atoms with Gasteiger partial charge in [0.1, 0.15) is 0 Å². The smallest absolute Gasteiger partial charge is 0.253 e. The number of carbonyl (C=O) groups is 1. The van der Waals surface area contributed by atoms with Crippen LogP contribution in [0.25, 0.3) is 0 Å². The maximum Gasteiger partial charge on any atom is 0.253 e. The Morgan fingerprint density at radius 2 is 1.85 bits per heavy atom. The van der Waals surface area contributed by atoms with Crippen LogP contribution < -0.4 is 10.6 Å². The Morgan fingerprint density at radius 1 is 1.10 bits per heavy atom. The molecule has 2 aromatic carbocycles. The van der Waals surface area contributed by atoms with Crippen molar-refractivity contribution in [3.8, 4) is 0 Å². The van der Waals surface area contributed by atoms with Gasteiger partial charge in [-0.05, 0) is 17.7 Å². The lowest BCUT2D eigenvalue weighted by molar-refractivity contribution is 0.0955. The summed E-state index contributed by atoms with van der Waals surface area (Å²) in [6.45, 7) is 0.492. The van der Waals surface area contributed by atoms with E-state index in [0.29, 0.717) is 27.8 Å². The predicted molar refractivity (Wildman–Crippen MR) is 81.6 cm³/mol.